The van der Waals surface area contributed by atoms with Crippen molar-refractivity contribution in [1.29, 1.82) is 0 Å². The van der Waals surface area contributed by atoms with Crippen molar-refractivity contribution in [2.75, 3.05) is 19.1 Å². The van der Waals surface area contributed by atoms with E-state index in [0.717, 1.165) is 6.42 Å². The van der Waals surface area contributed by atoms with Crippen LogP contribution in [0.4, 0.5) is 0 Å². The number of nitrogens with one attached hydrogen (secondary N) is 4. The quantitative estimate of drug-likeness (QED) is 0.127. The zero-order valence-corrected chi connectivity index (χ0v) is 27.4. The van der Waals surface area contributed by atoms with E-state index >= 15 is 0 Å². The highest BCUT2D eigenvalue weighted by atomic mass is 33.1. The van der Waals surface area contributed by atoms with Crippen LogP contribution in [-0.4, -0.2) is 71.5 Å². The van der Waals surface area contributed by atoms with Gasteiger partial charge in [0.2, 0.25) is 30.4 Å². The van der Waals surface area contributed by atoms with Gasteiger partial charge in [-0.05, 0) is 43.9 Å². The van der Waals surface area contributed by atoms with Gasteiger partial charge in [0, 0.05) is 29.0 Å². The molecule has 12 nitrogen and oxygen atoms in total. The molecule has 240 valence electrons. The van der Waals surface area contributed by atoms with Gasteiger partial charge in [0.25, 0.3) is 5.91 Å². The number of unbranched alkanes of at least 4 members (excludes halogenated alkanes) is 2. The van der Waals surface area contributed by atoms with Crippen molar-refractivity contribution in [2.24, 2.45) is 11.7 Å². The van der Waals surface area contributed by atoms with Crippen LogP contribution in [0.5, 0.6) is 11.5 Å². The molecule has 14 heteroatoms. The number of carbonyl (C=O) groups is 5. The average Bonchev–Trinajstić information content (AvgIpc) is 3.39. The van der Waals surface area contributed by atoms with E-state index in [-0.39, 0.29) is 35.0 Å². The Balaban J connectivity index is 2.02. The average molecular weight is 640 g/mol. The third kappa shape index (κ3) is 13.0. The van der Waals surface area contributed by atoms with E-state index < -0.39 is 35.8 Å². The first-order valence-electron chi connectivity index (χ1n) is 14.4. The molecule has 1 aliphatic heterocycles. The molecule has 1 aromatic rings. The summed E-state index contributed by atoms with van der Waals surface area (Å²) in [5.41, 5.74) is 5.44. The van der Waals surface area contributed by atoms with Gasteiger partial charge in [-0.2, -0.15) is 0 Å². The fraction of sp³-hybridized carbons (Fsp3) is 0.621. The number of amides is 5. The highest BCUT2D eigenvalue weighted by molar-refractivity contribution is 8.77. The maximum atomic E-state index is 13.4. The summed E-state index contributed by atoms with van der Waals surface area (Å²) < 4.78 is 10.6. The van der Waals surface area contributed by atoms with Gasteiger partial charge >= 0.3 is 0 Å². The van der Waals surface area contributed by atoms with Crippen LogP contribution in [0.25, 0.3) is 0 Å². The molecule has 1 aliphatic rings. The first-order valence-corrected chi connectivity index (χ1v) is 16.7. The Labute approximate surface area is 261 Å². The van der Waals surface area contributed by atoms with Gasteiger partial charge in [0.05, 0.1) is 0 Å². The van der Waals surface area contributed by atoms with Gasteiger partial charge in [0.1, 0.15) is 18.1 Å². The minimum absolute atomic E-state index is 0.0745. The molecule has 0 unspecified atom stereocenters. The summed E-state index contributed by atoms with van der Waals surface area (Å²) in [6.45, 7) is 11.8. The number of nitrogens with two attached hydrogens (primary N) is 1. The Morgan fingerprint density at radius 3 is 2.26 bits per heavy atom. The van der Waals surface area contributed by atoms with Crippen molar-refractivity contribution in [3.63, 3.8) is 0 Å². The topological polar surface area (TPSA) is 178 Å². The standard InChI is InChI=1S/C29H45N5O7S2/c1-17(2)24(34-26(37)19-11-12-21-22(14-19)41-16-40-21)28(39)33-20(15-42-43-29(4,5)6)27(38)32-18(3)25(36)31-13-9-7-8-10-23(30)35/h11-12,14,17-18,20,24H,7-10,13,15-16H2,1-6H3,(H2,30,35)(H,31,36)(H,32,38)(H,33,39)(H,34,37)/t18-,20-,24-/m0/s1. The molecule has 43 heavy (non-hydrogen) atoms. The fourth-order valence-corrected chi connectivity index (χ4v) is 6.33. The molecule has 2 rings (SSSR count). The number of benzene rings is 1. The molecule has 0 saturated heterocycles. The maximum absolute atomic E-state index is 13.4. The molecule has 0 aliphatic carbocycles. The molecule has 1 aromatic carbocycles. The third-order valence-corrected chi connectivity index (χ3v) is 9.55. The highest BCUT2D eigenvalue weighted by Gasteiger charge is 2.31. The molecule has 1 heterocycles. The van der Waals surface area contributed by atoms with E-state index in [9.17, 15) is 24.0 Å². The molecule has 0 spiro atoms. The Morgan fingerprint density at radius 2 is 1.60 bits per heavy atom. The minimum atomic E-state index is -0.958. The third-order valence-electron chi connectivity index (χ3n) is 6.20. The molecule has 0 saturated carbocycles. The molecule has 5 amide bonds. The van der Waals surface area contributed by atoms with Gasteiger partial charge in [-0.3, -0.25) is 24.0 Å². The van der Waals surface area contributed by atoms with Crippen LogP contribution >= 0.6 is 21.6 Å². The van der Waals surface area contributed by atoms with Crippen molar-refractivity contribution in [2.45, 2.75) is 90.1 Å². The fourth-order valence-electron chi connectivity index (χ4n) is 3.87. The first kappa shape index (κ1) is 36.1. The monoisotopic (exact) mass is 639 g/mol. The summed E-state index contributed by atoms with van der Waals surface area (Å²) in [6, 6.07) is 2.04. The summed E-state index contributed by atoms with van der Waals surface area (Å²) in [4.78, 5) is 63.1. The second-order valence-corrected chi connectivity index (χ2v) is 14.8. The van der Waals surface area contributed by atoms with Crippen LogP contribution in [0.3, 0.4) is 0 Å². The number of carbonyl (C=O) groups excluding carboxylic acids is 5. The van der Waals surface area contributed by atoms with Crippen molar-refractivity contribution < 1.29 is 33.4 Å². The lowest BCUT2D eigenvalue weighted by Gasteiger charge is -2.26. The minimum Gasteiger partial charge on any atom is -0.454 e. The molecule has 3 atom stereocenters. The maximum Gasteiger partial charge on any atom is 0.252 e. The van der Waals surface area contributed by atoms with Crippen LogP contribution < -0.4 is 36.5 Å². The summed E-state index contributed by atoms with van der Waals surface area (Å²) in [5, 5.41) is 11.0. The Hall–Kier alpha value is -3.13. The van der Waals surface area contributed by atoms with Crippen LogP contribution in [0.1, 0.15) is 77.6 Å². The van der Waals surface area contributed by atoms with E-state index in [1.54, 1.807) is 49.8 Å². The summed E-state index contributed by atoms with van der Waals surface area (Å²) >= 11 is 0. The van der Waals surface area contributed by atoms with Gasteiger partial charge < -0.3 is 36.5 Å². The van der Waals surface area contributed by atoms with E-state index in [1.165, 1.54) is 10.8 Å². The van der Waals surface area contributed by atoms with Crippen LogP contribution in [0.2, 0.25) is 0 Å². The number of ether oxygens (including phenoxy) is 2. The van der Waals surface area contributed by atoms with Crippen LogP contribution in [-0.2, 0) is 19.2 Å². The largest absolute Gasteiger partial charge is 0.454 e. The van der Waals surface area contributed by atoms with Crippen molar-refractivity contribution in [1.82, 2.24) is 21.3 Å². The molecule has 0 aromatic heterocycles. The Bertz CT molecular complexity index is 1140. The molecule has 6 N–H and O–H groups in total. The zero-order valence-electron chi connectivity index (χ0n) is 25.7. The number of hydrogen-bond acceptors (Lipinski definition) is 9. The van der Waals surface area contributed by atoms with Crippen molar-refractivity contribution in [3.05, 3.63) is 23.8 Å². The number of rotatable bonds is 17. The van der Waals surface area contributed by atoms with Crippen molar-refractivity contribution in [3.8, 4) is 11.5 Å². The second-order valence-electron chi connectivity index (χ2n) is 11.6. The smallest absolute Gasteiger partial charge is 0.252 e. The Kier molecular flexibility index (Phi) is 14.5. The van der Waals surface area contributed by atoms with Crippen molar-refractivity contribution >= 4 is 51.1 Å². The van der Waals surface area contributed by atoms with Crippen LogP contribution in [0, 0.1) is 5.92 Å². The lowest BCUT2D eigenvalue weighted by Crippen LogP contribution is -2.58. The summed E-state index contributed by atoms with van der Waals surface area (Å²) in [7, 11) is 3.00. The van der Waals surface area contributed by atoms with Gasteiger partial charge in [-0.15, -0.1) is 0 Å². The molecular weight excluding hydrogens is 594 g/mol. The predicted molar refractivity (Wildman–Crippen MR) is 169 cm³/mol. The summed E-state index contributed by atoms with van der Waals surface area (Å²) in [5.74, 6) is -1.26. The lowest BCUT2D eigenvalue weighted by atomic mass is 10.0. The highest BCUT2D eigenvalue weighted by Crippen LogP contribution is 2.35. The van der Waals surface area contributed by atoms with Crippen LogP contribution in [0.15, 0.2) is 18.2 Å². The first-order chi connectivity index (χ1) is 20.2. The zero-order chi connectivity index (χ0) is 32.2. The Morgan fingerprint density at radius 1 is 0.907 bits per heavy atom. The molecule has 0 bridgehead atoms. The molecule has 0 radical (unpaired) electrons. The van der Waals surface area contributed by atoms with Gasteiger partial charge in [0.15, 0.2) is 11.5 Å². The molecule has 0 fully saturated rings. The second kappa shape index (κ2) is 17.2. The predicted octanol–water partition coefficient (Wildman–Crippen LogP) is 2.50. The SMILES string of the molecule is CC(C)[C@H](NC(=O)c1ccc2c(c1)OCO2)C(=O)N[C@@H](CSSC(C)(C)C)C(=O)N[C@@H](C)C(=O)NCCCCCC(N)=O. The molecular formula is C29H45N5O7S2. The van der Waals surface area contributed by atoms with E-state index in [0.29, 0.717) is 42.9 Å². The number of fused-ring (bicyclic) bond motifs is 1. The number of primary amides is 1. The normalized spacial score (nSPS) is 14.4. The summed E-state index contributed by atoms with van der Waals surface area (Å²) in [6.07, 6.45) is 2.37. The van der Waals surface area contributed by atoms with E-state index in [1.807, 2.05) is 20.8 Å². The lowest BCUT2D eigenvalue weighted by molar-refractivity contribution is -0.132. The van der Waals surface area contributed by atoms with E-state index in [4.69, 9.17) is 15.2 Å². The number of hydrogen-bond donors (Lipinski definition) is 5. The van der Waals surface area contributed by atoms with Gasteiger partial charge in [-0.1, -0.05) is 62.6 Å². The van der Waals surface area contributed by atoms with Gasteiger partial charge in [-0.25, -0.2) is 0 Å². The van der Waals surface area contributed by atoms with E-state index in [2.05, 4.69) is 21.3 Å².